The second kappa shape index (κ2) is 10.6. The van der Waals surface area contributed by atoms with E-state index in [0.29, 0.717) is 5.75 Å². The summed E-state index contributed by atoms with van der Waals surface area (Å²) in [6.45, 7) is 1.68. The minimum atomic E-state index is -5.08. The van der Waals surface area contributed by atoms with Gasteiger partial charge in [0, 0.05) is 25.4 Å². The second-order valence-electron chi connectivity index (χ2n) is 6.63. The van der Waals surface area contributed by atoms with Crippen molar-refractivity contribution in [1.82, 2.24) is 9.88 Å². The third-order valence-corrected chi connectivity index (χ3v) is 4.71. The average Bonchev–Trinajstić information content (AvgIpc) is 2.61. The fourth-order valence-electron chi connectivity index (χ4n) is 2.51. The van der Waals surface area contributed by atoms with Gasteiger partial charge < -0.3 is 25.5 Å². The predicted octanol–water partition coefficient (Wildman–Crippen LogP) is 1.93. The molecule has 0 spiro atoms. The van der Waals surface area contributed by atoms with E-state index in [2.05, 4.69) is 21.2 Å². The number of carboxylic acid groups (broad SMARTS) is 1. The Labute approximate surface area is 173 Å². The van der Waals surface area contributed by atoms with Gasteiger partial charge in [-0.25, -0.2) is 4.79 Å². The minimum Gasteiger partial charge on any atom is -0.489 e. The van der Waals surface area contributed by atoms with Crippen LogP contribution in [0.4, 0.5) is 13.2 Å². The molecule has 12 heteroatoms. The quantitative estimate of drug-likeness (QED) is 0.598. The number of pyridine rings is 1. The van der Waals surface area contributed by atoms with Crippen LogP contribution in [0.1, 0.15) is 32.6 Å². The van der Waals surface area contributed by atoms with Crippen molar-refractivity contribution in [1.29, 1.82) is 0 Å². The monoisotopic (exact) mass is 485 g/mol. The minimum absolute atomic E-state index is 0.0619. The zero-order valence-corrected chi connectivity index (χ0v) is 17.4. The van der Waals surface area contributed by atoms with Gasteiger partial charge in [0.2, 0.25) is 5.91 Å². The maximum atomic E-state index is 11.7. The number of carbonyl (C=O) groups excluding carboxylic acids is 1. The number of nitrogens with zero attached hydrogens (tertiary/aromatic N) is 1. The normalized spacial score (nSPS) is 20.1. The number of ether oxygens (including phenoxy) is 1. The molecule has 0 aliphatic heterocycles. The first-order valence-corrected chi connectivity index (χ1v) is 9.49. The van der Waals surface area contributed by atoms with Crippen LogP contribution in [-0.4, -0.2) is 45.9 Å². The Morgan fingerprint density at radius 2 is 1.86 bits per heavy atom. The maximum absolute atomic E-state index is 11.7. The number of amides is 1. The maximum Gasteiger partial charge on any atom is 0.490 e. The molecule has 1 saturated carbocycles. The fourth-order valence-corrected chi connectivity index (χ4v) is 3.02. The molecular formula is C17H23BrF3N3O5. The van der Waals surface area contributed by atoms with E-state index in [0.717, 1.165) is 30.2 Å². The van der Waals surface area contributed by atoms with Gasteiger partial charge in [-0.05, 0) is 48.5 Å². The summed E-state index contributed by atoms with van der Waals surface area (Å²) in [5, 5.41) is 10.1. The smallest absolute Gasteiger partial charge is 0.489 e. The SMILES string of the molecule is C[C@H](N)C(=O)NC1CCC(Oc2cc(=O)n(C)cc2Br)CC1.O=C(O)C(F)(F)F. The van der Waals surface area contributed by atoms with Crippen molar-refractivity contribution in [2.45, 2.75) is 57.0 Å². The van der Waals surface area contributed by atoms with Gasteiger partial charge in [-0.3, -0.25) is 9.59 Å². The molecule has 0 radical (unpaired) electrons. The van der Waals surface area contributed by atoms with E-state index in [1.807, 2.05) is 0 Å². The van der Waals surface area contributed by atoms with E-state index in [-0.39, 0.29) is 23.6 Å². The highest BCUT2D eigenvalue weighted by Gasteiger charge is 2.38. The second-order valence-corrected chi connectivity index (χ2v) is 7.48. The van der Waals surface area contributed by atoms with Crippen molar-refractivity contribution in [2.24, 2.45) is 12.8 Å². The summed E-state index contributed by atoms with van der Waals surface area (Å²) in [4.78, 5) is 32.2. The Bertz CT molecular complexity index is 775. The van der Waals surface area contributed by atoms with Gasteiger partial charge in [0.1, 0.15) is 5.75 Å². The summed E-state index contributed by atoms with van der Waals surface area (Å²) in [6.07, 6.45) is 0.0623. The van der Waals surface area contributed by atoms with Crippen molar-refractivity contribution in [2.75, 3.05) is 0 Å². The van der Waals surface area contributed by atoms with Crippen molar-refractivity contribution in [3.8, 4) is 5.75 Å². The number of aromatic nitrogens is 1. The first-order chi connectivity index (χ1) is 13.3. The molecule has 29 heavy (non-hydrogen) atoms. The lowest BCUT2D eigenvalue weighted by atomic mass is 9.92. The Morgan fingerprint density at radius 3 is 2.31 bits per heavy atom. The molecule has 1 amide bonds. The van der Waals surface area contributed by atoms with Crippen LogP contribution < -0.4 is 21.3 Å². The summed E-state index contributed by atoms with van der Waals surface area (Å²) < 4.78 is 39.9. The molecule has 1 aromatic rings. The molecule has 1 atom stereocenters. The lowest BCUT2D eigenvalue weighted by Gasteiger charge is -2.30. The number of nitrogens with one attached hydrogen (secondary N) is 1. The highest BCUT2D eigenvalue weighted by Crippen LogP contribution is 2.28. The zero-order valence-electron chi connectivity index (χ0n) is 15.8. The third kappa shape index (κ3) is 8.44. The van der Waals surface area contributed by atoms with Crippen molar-refractivity contribution in [3.05, 3.63) is 27.1 Å². The molecular weight excluding hydrogens is 463 g/mol. The topological polar surface area (TPSA) is 124 Å². The largest absolute Gasteiger partial charge is 0.490 e. The molecule has 2 rings (SSSR count). The number of carbonyl (C=O) groups is 2. The molecule has 0 aromatic carbocycles. The summed E-state index contributed by atoms with van der Waals surface area (Å²) in [5.74, 6) is -2.29. The van der Waals surface area contributed by atoms with Crippen LogP contribution in [0.2, 0.25) is 0 Å². The summed E-state index contributed by atoms with van der Waals surface area (Å²) in [7, 11) is 1.70. The standard InChI is InChI=1S/C15H22BrN3O3.C2HF3O2/c1-9(17)15(21)18-10-3-5-11(6-4-10)22-13-7-14(20)19(2)8-12(13)16;3-2(4,5)1(6)7/h7-11H,3-6,17H2,1-2H3,(H,18,21);(H,6,7)/t9-,10?,11?;/m0./s1. The van der Waals surface area contributed by atoms with E-state index in [4.69, 9.17) is 20.4 Å². The van der Waals surface area contributed by atoms with Crippen LogP contribution in [0, 0.1) is 0 Å². The summed E-state index contributed by atoms with van der Waals surface area (Å²) in [6, 6.07) is 1.17. The molecule has 0 bridgehead atoms. The number of alkyl halides is 3. The number of aryl methyl sites for hydroxylation is 1. The Balaban J connectivity index is 0.000000516. The van der Waals surface area contributed by atoms with Crippen LogP contribution in [0.15, 0.2) is 21.5 Å². The molecule has 0 unspecified atom stereocenters. The first kappa shape index (κ1) is 25.0. The molecule has 1 aromatic heterocycles. The zero-order chi connectivity index (χ0) is 22.4. The number of aliphatic carboxylic acids is 1. The number of carboxylic acids is 1. The van der Waals surface area contributed by atoms with E-state index in [9.17, 15) is 22.8 Å². The van der Waals surface area contributed by atoms with Crippen LogP contribution in [0.3, 0.4) is 0 Å². The van der Waals surface area contributed by atoms with Crippen molar-refractivity contribution in [3.63, 3.8) is 0 Å². The molecule has 8 nitrogen and oxygen atoms in total. The van der Waals surface area contributed by atoms with E-state index >= 15 is 0 Å². The Kier molecular flexibility index (Phi) is 9.14. The lowest BCUT2D eigenvalue weighted by molar-refractivity contribution is -0.192. The van der Waals surface area contributed by atoms with Gasteiger partial charge in [-0.1, -0.05) is 0 Å². The van der Waals surface area contributed by atoms with Crippen molar-refractivity contribution >= 4 is 27.8 Å². The van der Waals surface area contributed by atoms with E-state index in [1.54, 1.807) is 20.2 Å². The average molecular weight is 486 g/mol. The predicted molar refractivity (Wildman–Crippen MR) is 102 cm³/mol. The number of nitrogens with two attached hydrogens (primary N) is 1. The van der Waals surface area contributed by atoms with Gasteiger partial charge in [0.25, 0.3) is 5.56 Å². The van der Waals surface area contributed by atoms with E-state index < -0.39 is 18.2 Å². The van der Waals surface area contributed by atoms with Gasteiger partial charge in [-0.15, -0.1) is 0 Å². The molecule has 1 aliphatic carbocycles. The van der Waals surface area contributed by atoms with Crippen LogP contribution >= 0.6 is 15.9 Å². The van der Waals surface area contributed by atoms with Crippen LogP contribution in [-0.2, 0) is 16.6 Å². The highest BCUT2D eigenvalue weighted by atomic mass is 79.9. The summed E-state index contributed by atoms with van der Waals surface area (Å²) in [5.41, 5.74) is 5.45. The molecule has 0 saturated heterocycles. The van der Waals surface area contributed by atoms with Crippen LogP contribution in [0.5, 0.6) is 5.75 Å². The Hall–Kier alpha value is -2.08. The number of rotatable bonds is 4. The van der Waals surface area contributed by atoms with E-state index in [1.165, 1.54) is 10.6 Å². The van der Waals surface area contributed by atoms with Gasteiger partial charge >= 0.3 is 12.1 Å². The number of halogens is 4. The van der Waals surface area contributed by atoms with Crippen LogP contribution in [0.25, 0.3) is 0 Å². The van der Waals surface area contributed by atoms with Gasteiger partial charge in [-0.2, -0.15) is 13.2 Å². The lowest BCUT2D eigenvalue weighted by Crippen LogP contribution is -2.46. The van der Waals surface area contributed by atoms with Gasteiger partial charge in [0.15, 0.2) is 0 Å². The number of hydrogen-bond donors (Lipinski definition) is 3. The molecule has 164 valence electrons. The third-order valence-electron chi connectivity index (χ3n) is 4.11. The molecule has 1 heterocycles. The first-order valence-electron chi connectivity index (χ1n) is 8.70. The molecule has 1 fully saturated rings. The highest BCUT2D eigenvalue weighted by molar-refractivity contribution is 9.10. The number of hydrogen-bond acceptors (Lipinski definition) is 5. The molecule has 4 N–H and O–H groups in total. The summed E-state index contributed by atoms with van der Waals surface area (Å²) >= 11 is 3.41. The molecule has 1 aliphatic rings. The van der Waals surface area contributed by atoms with Crippen molar-refractivity contribution < 1.29 is 32.6 Å². The van der Waals surface area contributed by atoms with Gasteiger partial charge in [0.05, 0.1) is 16.6 Å². The fraction of sp³-hybridized carbons (Fsp3) is 0.588. The Morgan fingerprint density at radius 1 is 1.34 bits per heavy atom.